The van der Waals surface area contributed by atoms with Crippen molar-refractivity contribution in [3.8, 4) is 0 Å². The smallest absolute Gasteiger partial charge is 0.321 e. The molecule has 3 N–H and O–H groups in total. The first-order valence-corrected chi connectivity index (χ1v) is 7.24. The summed E-state index contributed by atoms with van der Waals surface area (Å²) in [6.07, 6.45) is 0. The van der Waals surface area contributed by atoms with E-state index in [1.165, 1.54) is 5.56 Å². The lowest BCUT2D eigenvalue weighted by Crippen LogP contribution is -2.49. The zero-order valence-electron chi connectivity index (χ0n) is 13.2. The van der Waals surface area contributed by atoms with Crippen LogP contribution in [-0.4, -0.2) is 31.1 Å². The maximum atomic E-state index is 11.7. The molecule has 5 nitrogen and oxygen atoms in total. The minimum absolute atomic E-state index is 0.0832. The van der Waals surface area contributed by atoms with Crippen molar-refractivity contribution < 1.29 is 9.59 Å². The van der Waals surface area contributed by atoms with Gasteiger partial charge in [-0.1, -0.05) is 44.2 Å². The number of nitrogens with one attached hydrogen (secondary N) is 3. The predicted molar refractivity (Wildman–Crippen MR) is 84.1 cm³/mol. The summed E-state index contributed by atoms with van der Waals surface area (Å²) in [5, 5.41) is 7.97. The second-order valence-electron chi connectivity index (χ2n) is 5.60. The Hall–Kier alpha value is -1.88. The van der Waals surface area contributed by atoms with Crippen molar-refractivity contribution in [3.63, 3.8) is 0 Å². The van der Waals surface area contributed by atoms with E-state index in [0.29, 0.717) is 6.54 Å². The third kappa shape index (κ3) is 5.19. The molecule has 0 heterocycles. The molecule has 1 aromatic rings. The van der Waals surface area contributed by atoms with Crippen LogP contribution in [0.3, 0.4) is 0 Å². The Morgan fingerprint density at radius 2 is 1.81 bits per heavy atom. The molecule has 0 aliphatic carbocycles. The molecule has 0 saturated carbocycles. The average Bonchev–Trinajstić information content (AvgIpc) is 2.45. The number of imide groups is 1. The van der Waals surface area contributed by atoms with Crippen molar-refractivity contribution in [2.45, 2.75) is 39.2 Å². The number of carbonyl (C=O) groups excluding carboxylic acids is 2. The molecule has 1 aromatic carbocycles. The lowest BCUT2D eigenvalue weighted by atomic mass is 9.78. The molecular weight excluding hydrogens is 266 g/mol. The van der Waals surface area contributed by atoms with Crippen LogP contribution >= 0.6 is 0 Å². The Labute approximate surface area is 126 Å². The average molecular weight is 291 g/mol. The summed E-state index contributed by atoms with van der Waals surface area (Å²) in [6.45, 7) is 8.68. The van der Waals surface area contributed by atoms with Crippen LogP contribution in [0.15, 0.2) is 30.3 Å². The van der Waals surface area contributed by atoms with E-state index in [1.807, 2.05) is 25.1 Å². The van der Waals surface area contributed by atoms with Gasteiger partial charge in [-0.2, -0.15) is 0 Å². The molecule has 0 unspecified atom stereocenters. The maximum absolute atomic E-state index is 11.7. The molecule has 0 aliphatic heterocycles. The fourth-order valence-electron chi connectivity index (χ4n) is 1.99. The van der Waals surface area contributed by atoms with Crippen molar-refractivity contribution >= 4 is 11.9 Å². The molecule has 3 amide bonds. The molecule has 0 aliphatic rings. The second kappa shape index (κ2) is 7.78. The largest absolute Gasteiger partial charge is 0.338 e. The van der Waals surface area contributed by atoms with Crippen LogP contribution in [0.4, 0.5) is 4.79 Å². The summed E-state index contributed by atoms with van der Waals surface area (Å²) in [5.41, 5.74) is 1.09. The molecule has 5 heteroatoms. The summed E-state index contributed by atoms with van der Waals surface area (Å²) in [4.78, 5) is 22.9. The van der Waals surface area contributed by atoms with Gasteiger partial charge >= 0.3 is 6.03 Å². The maximum Gasteiger partial charge on any atom is 0.321 e. The van der Waals surface area contributed by atoms with Crippen LogP contribution < -0.4 is 16.0 Å². The van der Waals surface area contributed by atoms with Gasteiger partial charge in [-0.25, -0.2) is 4.79 Å². The van der Waals surface area contributed by atoms with E-state index in [0.717, 1.165) is 0 Å². The van der Waals surface area contributed by atoms with E-state index in [2.05, 4.69) is 41.9 Å². The van der Waals surface area contributed by atoms with Crippen molar-refractivity contribution in [1.29, 1.82) is 0 Å². The Morgan fingerprint density at radius 1 is 1.19 bits per heavy atom. The number of rotatable bonds is 6. The Balaban J connectivity index is 2.51. The van der Waals surface area contributed by atoms with Gasteiger partial charge in [-0.05, 0) is 19.4 Å². The lowest BCUT2D eigenvalue weighted by Gasteiger charge is -2.33. The molecule has 0 spiro atoms. The van der Waals surface area contributed by atoms with Gasteiger partial charge in [-0.15, -0.1) is 0 Å². The van der Waals surface area contributed by atoms with Gasteiger partial charge in [0.1, 0.15) is 0 Å². The van der Waals surface area contributed by atoms with Crippen molar-refractivity contribution in [2.24, 2.45) is 0 Å². The number of hydrogen-bond acceptors (Lipinski definition) is 3. The fraction of sp³-hybridized carbons (Fsp3) is 0.500. The standard InChI is InChI=1S/C16H25N3O2/c1-5-17-15(21)19-14(20)11-18-12(2)16(3,4)13-9-7-6-8-10-13/h6-10,12,18H,5,11H2,1-4H3,(H2,17,19,20,21)/t12-/m0/s1. The van der Waals surface area contributed by atoms with E-state index >= 15 is 0 Å². The third-order valence-corrected chi connectivity index (χ3v) is 3.76. The zero-order valence-corrected chi connectivity index (χ0v) is 13.2. The van der Waals surface area contributed by atoms with Gasteiger partial charge in [-0.3, -0.25) is 10.1 Å². The summed E-state index contributed by atoms with van der Waals surface area (Å²) in [6, 6.07) is 9.77. The summed E-state index contributed by atoms with van der Waals surface area (Å²) in [5.74, 6) is -0.336. The predicted octanol–water partition coefficient (Wildman–Crippen LogP) is 1.79. The molecule has 1 atom stereocenters. The van der Waals surface area contributed by atoms with Gasteiger partial charge in [0.2, 0.25) is 5.91 Å². The monoisotopic (exact) mass is 291 g/mol. The van der Waals surface area contributed by atoms with E-state index in [-0.39, 0.29) is 23.9 Å². The first-order valence-electron chi connectivity index (χ1n) is 7.24. The molecule has 1 rings (SSSR count). The van der Waals surface area contributed by atoms with Crippen LogP contribution in [0.5, 0.6) is 0 Å². The van der Waals surface area contributed by atoms with E-state index < -0.39 is 6.03 Å². The normalized spacial score (nSPS) is 12.6. The highest BCUT2D eigenvalue weighted by atomic mass is 16.2. The Morgan fingerprint density at radius 3 is 2.38 bits per heavy atom. The Kier molecular flexibility index (Phi) is 6.37. The molecule has 0 radical (unpaired) electrons. The van der Waals surface area contributed by atoms with Gasteiger partial charge < -0.3 is 10.6 Å². The fourth-order valence-corrected chi connectivity index (χ4v) is 1.99. The number of carbonyl (C=O) groups is 2. The highest BCUT2D eigenvalue weighted by Gasteiger charge is 2.27. The van der Waals surface area contributed by atoms with Crippen LogP contribution in [0.1, 0.15) is 33.3 Å². The molecular formula is C16H25N3O2. The van der Waals surface area contributed by atoms with E-state index in [1.54, 1.807) is 6.92 Å². The van der Waals surface area contributed by atoms with Crippen LogP contribution in [0.2, 0.25) is 0 Å². The molecule has 0 fully saturated rings. The van der Waals surface area contributed by atoms with Crippen LogP contribution in [-0.2, 0) is 10.2 Å². The summed E-state index contributed by atoms with van der Waals surface area (Å²) in [7, 11) is 0. The zero-order chi connectivity index (χ0) is 15.9. The summed E-state index contributed by atoms with van der Waals surface area (Å²) >= 11 is 0. The number of benzene rings is 1. The van der Waals surface area contributed by atoms with E-state index in [4.69, 9.17) is 0 Å². The van der Waals surface area contributed by atoms with Crippen molar-refractivity contribution in [2.75, 3.05) is 13.1 Å². The molecule has 21 heavy (non-hydrogen) atoms. The van der Waals surface area contributed by atoms with Crippen LogP contribution in [0.25, 0.3) is 0 Å². The molecule has 0 saturated heterocycles. The SMILES string of the molecule is CCNC(=O)NC(=O)CN[C@@H](C)C(C)(C)c1ccccc1. The molecule has 0 aromatic heterocycles. The van der Waals surface area contributed by atoms with Gasteiger partial charge in [0, 0.05) is 18.0 Å². The first-order chi connectivity index (χ1) is 9.87. The van der Waals surface area contributed by atoms with Gasteiger partial charge in [0.15, 0.2) is 0 Å². The van der Waals surface area contributed by atoms with Crippen molar-refractivity contribution in [3.05, 3.63) is 35.9 Å². The van der Waals surface area contributed by atoms with Gasteiger partial charge in [0.25, 0.3) is 0 Å². The second-order valence-corrected chi connectivity index (χ2v) is 5.60. The highest BCUT2D eigenvalue weighted by molar-refractivity contribution is 5.95. The van der Waals surface area contributed by atoms with E-state index in [9.17, 15) is 9.59 Å². The van der Waals surface area contributed by atoms with Gasteiger partial charge in [0.05, 0.1) is 6.54 Å². The number of amides is 3. The van der Waals surface area contributed by atoms with Crippen molar-refractivity contribution in [1.82, 2.24) is 16.0 Å². The third-order valence-electron chi connectivity index (χ3n) is 3.76. The number of urea groups is 1. The minimum atomic E-state index is -0.459. The van der Waals surface area contributed by atoms with Crippen LogP contribution in [0, 0.1) is 0 Å². The molecule has 116 valence electrons. The number of hydrogen-bond donors (Lipinski definition) is 3. The first kappa shape index (κ1) is 17.2. The summed E-state index contributed by atoms with van der Waals surface area (Å²) < 4.78 is 0. The highest BCUT2D eigenvalue weighted by Crippen LogP contribution is 2.26. The lowest BCUT2D eigenvalue weighted by molar-refractivity contribution is -0.119. The molecule has 0 bridgehead atoms. The quantitative estimate of drug-likeness (QED) is 0.748. The Bertz CT molecular complexity index is 472. The minimum Gasteiger partial charge on any atom is -0.338 e. The topological polar surface area (TPSA) is 70.2 Å².